The monoisotopic (exact) mass is 401 g/mol. The van der Waals surface area contributed by atoms with Crippen molar-refractivity contribution in [3.8, 4) is 0 Å². The maximum absolute atomic E-state index is 13.3. The Bertz CT molecular complexity index is 865. The number of halogens is 2. The Morgan fingerprint density at radius 3 is 2.57 bits per heavy atom. The molecule has 0 atom stereocenters. The number of fused-ring (bicyclic) bond motifs is 1. The fourth-order valence-corrected chi connectivity index (χ4v) is 4.34. The molecule has 1 aromatic carbocycles. The van der Waals surface area contributed by atoms with E-state index in [1.807, 2.05) is 0 Å². The summed E-state index contributed by atoms with van der Waals surface area (Å²) in [6.45, 7) is 0. The zero-order chi connectivity index (χ0) is 19.5. The Morgan fingerprint density at radius 1 is 1.04 bits per heavy atom. The first-order valence-electron chi connectivity index (χ1n) is 10.1. The van der Waals surface area contributed by atoms with Crippen molar-refractivity contribution in [2.45, 2.75) is 63.5 Å². The molecular weight excluding hydrogens is 377 g/mol. The summed E-state index contributed by atoms with van der Waals surface area (Å²) >= 11 is 5.77. The molecule has 0 bridgehead atoms. The Morgan fingerprint density at radius 2 is 1.79 bits per heavy atom. The number of rotatable bonds is 4. The standard InChI is InChI=1S/C22H25ClFN3O/c23-18-13-15(5-11-19(18)24)22(28)26-17-9-7-16(8-10-17)25-21-12-6-14-3-1-2-4-20(14)27-21/h5-6,11-13,16-17H,1-4,7-10H2,(H,25,27)(H,26,28). The van der Waals surface area contributed by atoms with E-state index in [0.29, 0.717) is 11.6 Å². The van der Waals surface area contributed by atoms with Crippen LogP contribution in [0.25, 0.3) is 0 Å². The zero-order valence-electron chi connectivity index (χ0n) is 15.8. The Labute approximate surface area is 169 Å². The number of hydrogen-bond acceptors (Lipinski definition) is 3. The molecule has 2 N–H and O–H groups in total. The summed E-state index contributed by atoms with van der Waals surface area (Å²) in [4.78, 5) is 17.2. The third-order valence-electron chi connectivity index (χ3n) is 5.77. The van der Waals surface area contributed by atoms with Gasteiger partial charge in [0.2, 0.25) is 0 Å². The lowest BCUT2D eigenvalue weighted by Gasteiger charge is -2.30. The van der Waals surface area contributed by atoms with Crippen LogP contribution in [0.2, 0.25) is 5.02 Å². The summed E-state index contributed by atoms with van der Waals surface area (Å²) < 4.78 is 13.3. The lowest BCUT2D eigenvalue weighted by atomic mass is 9.91. The topological polar surface area (TPSA) is 54.0 Å². The van der Waals surface area contributed by atoms with Gasteiger partial charge >= 0.3 is 0 Å². The fraction of sp³-hybridized carbons (Fsp3) is 0.455. The highest BCUT2D eigenvalue weighted by atomic mass is 35.5. The van der Waals surface area contributed by atoms with Crippen LogP contribution < -0.4 is 10.6 Å². The molecule has 1 aromatic heterocycles. The molecule has 4 nitrogen and oxygen atoms in total. The van der Waals surface area contributed by atoms with Crippen molar-refractivity contribution in [3.63, 3.8) is 0 Å². The summed E-state index contributed by atoms with van der Waals surface area (Å²) in [6.07, 6.45) is 8.49. The molecule has 148 valence electrons. The largest absolute Gasteiger partial charge is 0.367 e. The highest BCUT2D eigenvalue weighted by molar-refractivity contribution is 6.31. The Kier molecular flexibility index (Phi) is 5.81. The molecule has 2 aromatic rings. The van der Waals surface area contributed by atoms with E-state index in [-0.39, 0.29) is 17.0 Å². The molecule has 1 fully saturated rings. The predicted molar refractivity (Wildman–Crippen MR) is 109 cm³/mol. The molecule has 2 aliphatic rings. The number of nitrogens with zero attached hydrogens (tertiary/aromatic N) is 1. The van der Waals surface area contributed by atoms with Gasteiger partial charge in [0.15, 0.2) is 0 Å². The molecular formula is C22H25ClFN3O. The van der Waals surface area contributed by atoms with Crippen LogP contribution in [0, 0.1) is 5.82 Å². The SMILES string of the molecule is O=C(NC1CCC(Nc2ccc3c(n2)CCCC3)CC1)c1ccc(F)c(Cl)c1. The van der Waals surface area contributed by atoms with Crippen molar-refractivity contribution in [1.82, 2.24) is 10.3 Å². The van der Waals surface area contributed by atoms with Gasteiger partial charge in [-0.15, -0.1) is 0 Å². The van der Waals surface area contributed by atoms with E-state index < -0.39 is 5.82 Å². The van der Waals surface area contributed by atoms with Gasteiger partial charge in [-0.2, -0.15) is 0 Å². The highest BCUT2D eigenvalue weighted by Gasteiger charge is 2.23. The molecule has 0 radical (unpaired) electrons. The Balaban J connectivity index is 1.28. The van der Waals surface area contributed by atoms with Gasteiger partial charge in [-0.3, -0.25) is 4.79 Å². The lowest BCUT2D eigenvalue weighted by molar-refractivity contribution is 0.0926. The quantitative estimate of drug-likeness (QED) is 0.765. The van der Waals surface area contributed by atoms with Crippen LogP contribution in [0.5, 0.6) is 0 Å². The van der Waals surface area contributed by atoms with Gasteiger partial charge in [0.05, 0.1) is 5.02 Å². The van der Waals surface area contributed by atoms with Crippen LogP contribution in [-0.2, 0) is 12.8 Å². The average molecular weight is 402 g/mol. The third kappa shape index (κ3) is 4.46. The first kappa shape index (κ1) is 19.2. The van der Waals surface area contributed by atoms with Gasteiger partial charge in [0.1, 0.15) is 11.6 Å². The predicted octanol–water partition coefficient (Wildman–Crippen LogP) is 4.91. The second-order valence-electron chi connectivity index (χ2n) is 7.80. The molecule has 4 rings (SSSR count). The van der Waals surface area contributed by atoms with Crippen molar-refractivity contribution in [1.29, 1.82) is 0 Å². The minimum atomic E-state index is -0.513. The molecule has 0 unspecified atom stereocenters. The number of carbonyl (C=O) groups is 1. The zero-order valence-corrected chi connectivity index (χ0v) is 16.6. The molecule has 1 saturated carbocycles. The summed E-state index contributed by atoms with van der Waals surface area (Å²) in [5.41, 5.74) is 3.03. The second-order valence-corrected chi connectivity index (χ2v) is 8.21. The molecule has 1 amide bonds. The summed E-state index contributed by atoms with van der Waals surface area (Å²) in [5, 5.41) is 6.58. The van der Waals surface area contributed by atoms with E-state index in [1.54, 1.807) is 0 Å². The number of benzene rings is 1. The van der Waals surface area contributed by atoms with Crippen LogP contribution in [-0.4, -0.2) is 23.0 Å². The maximum Gasteiger partial charge on any atom is 0.251 e. The van der Waals surface area contributed by atoms with Crippen molar-refractivity contribution in [2.24, 2.45) is 0 Å². The van der Waals surface area contributed by atoms with Gasteiger partial charge in [0, 0.05) is 23.3 Å². The van der Waals surface area contributed by atoms with Crippen molar-refractivity contribution < 1.29 is 9.18 Å². The normalized spacial score (nSPS) is 21.6. The number of aromatic nitrogens is 1. The van der Waals surface area contributed by atoms with Gasteiger partial charge < -0.3 is 10.6 Å². The van der Waals surface area contributed by atoms with Crippen molar-refractivity contribution >= 4 is 23.3 Å². The van der Waals surface area contributed by atoms with E-state index in [0.717, 1.165) is 44.3 Å². The summed E-state index contributed by atoms with van der Waals surface area (Å²) in [6, 6.07) is 8.88. The lowest BCUT2D eigenvalue weighted by Crippen LogP contribution is -2.40. The van der Waals surface area contributed by atoms with Crippen LogP contribution in [0.4, 0.5) is 10.2 Å². The molecule has 2 aliphatic carbocycles. The second kappa shape index (κ2) is 8.48. The number of amides is 1. The molecule has 6 heteroatoms. The van der Waals surface area contributed by atoms with Gasteiger partial charge in [-0.1, -0.05) is 17.7 Å². The first-order chi connectivity index (χ1) is 13.6. The smallest absolute Gasteiger partial charge is 0.251 e. The van der Waals surface area contributed by atoms with Crippen LogP contribution in [0.15, 0.2) is 30.3 Å². The van der Waals surface area contributed by atoms with Crippen LogP contribution in [0.3, 0.4) is 0 Å². The molecule has 0 aliphatic heterocycles. The van der Waals surface area contributed by atoms with E-state index >= 15 is 0 Å². The average Bonchev–Trinajstić information content (AvgIpc) is 2.71. The van der Waals surface area contributed by atoms with Gasteiger partial charge in [-0.05, 0) is 81.2 Å². The number of anilines is 1. The fourth-order valence-electron chi connectivity index (χ4n) is 4.16. The van der Waals surface area contributed by atoms with E-state index in [9.17, 15) is 9.18 Å². The molecule has 0 spiro atoms. The number of pyridine rings is 1. The maximum atomic E-state index is 13.3. The summed E-state index contributed by atoms with van der Waals surface area (Å²) in [5.74, 6) is 0.254. The molecule has 1 heterocycles. The van der Waals surface area contributed by atoms with Gasteiger partial charge in [0.25, 0.3) is 5.91 Å². The van der Waals surface area contributed by atoms with Crippen LogP contribution in [0.1, 0.15) is 60.1 Å². The van der Waals surface area contributed by atoms with Gasteiger partial charge in [-0.25, -0.2) is 9.37 Å². The minimum Gasteiger partial charge on any atom is -0.367 e. The van der Waals surface area contributed by atoms with E-state index in [4.69, 9.17) is 16.6 Å². The first-order valence-corrected chi connectivity index (χ1v) is 10.5. The van der Waals surface area contributed by atoms with E-state index in [1.165, 1.54) is 42.3 Å². The summed E-state index contributed by atoms with van der Waals surface area (Å²) in [7, 11) is 0. The van der Waals surface area contributed by atoms with Crippen molar-refractivity contribution in [3.05, 3.63) is 58.0 Å². The number of hydrogen-bond donors (Lipinski definition) is 2. The highest BCUT2D eigenvalue weighted by Crippen LogP contribution is 2.25. The number of carbonyl (C=O) groups excluding carboxylic acids is 1. The van der Waals surface area contributed by atoms with Crippen LogP contribution >= 0.6 is 11.6 Å². The minimum absolute atomic E-state index is 0.0295. The van der Waals surface area contributed by atoms with Crippen molar-refractivity contribution in [2.75, 3.05) is 5.32 Å². The van der Waals surface area contributed by atoms with E-state index in [2.05, 4.69) is 22.8 Å². The third-order valence-corrected chi connectivity index (χ3v) is 6.06. The number of nitrogens with one attached hydrogen (secondary N) is 2. The Hall–Kier alpha value is -2.14. The molecule has 28 heavy (non-hydrogen) atoms. The molecule has 0 saturated heterocycles. The number of aryl methyl sites for hydroxylation is 2.